The molecule has 0 saturated carbocycles. The van der Waals surface area contributed by atoms with Crippen molar-refractivity contribution in [3.8, 4) is 23.5 Å². The first-order chi connectivity index (χ1) is 11.7. The molecule has 1 N–H and O–H groups in total. The normalized spacial score (nSPS) is 9.92. The standard InChI is InChI=1S/C16H16N6OS/c17-8-4-10-22(11-5-9-18)14(23)12-24-16-19-15(20-21-16)13-6-2-1-3-7-13/h1-3,6-7H,4-5,10-12H2,(H,19,20,21). The third-order valence-corrected chi connectivity index (χ3v) is 4.01. The van der Waals surface area contributed by atoms with Gasteiger partial charge in [0.25, 0.3) is 0 Å². The van der Waals surface area contributed by atoms with E-state index in [1.165, 1.54) is 16.7 Å². The Labute approximate surface area is 144 Å². The van der Waals surface area contributed by atoms with Gasteiger partial charge in [-0.25, -0.2) is 4.98 Å². The maximum atomic E-state index is 12.2. The zero-order valence-electron chi connectivity index (χ0n) is 13.0. The molecule has 24 heavy (non-hydrogen) atoms. The van der Waals surface area contributed by atoms with Crippen molar-refractivity contribution in [2.45, 2.75) is 18.0 Å². The molecule has 0 spiro atoms. The third kappa shape index (κ3) is 5.11. The van der Waals surface area contributed by atoms with Crippen LogP contribution >= 0.6 is 11.8 Å². The molecule has 0 saturated heterocycles. The number of hydrogen-bond acceptors (Lipinski definition) is 6. The van der Waals surface area contributed by atoms with Crippen LogP contribution in [-0.4, -0.2) is 44.8 Å². The quantitative estimate of drug-likeness (QED) is 0.738. The van der Waals surface area contributed by atoms with Gasteiger partial charge < -0.3 is 4.90 Å². The maximum absolute atomic E-state index is 12.2. The van der Waals surface area contributed by atoms with Crippen molar-refractivity contribution in [3.05, 3.63) is 30.3 Å². The molecular formula is C16H16N6OS. The summed E-state index contributed by atoms with van der Waals surface area (Å²) in [5.41, 5.74) is 0.924. The Morgan fingerprint density at radius 1 is 1.17 bits per heavy atom. The Hall–Kier alpha value is -2.84. The highest BCUT2D eigenvalue weighted by atomic mass is 32.2. The van der Waals surface area contributed by atoms with E-state index in [-0.39, 0.29) is 24.5 Å². The smallest absolute Gasteiger partial charge is 0.233 e. The van der Waals surface area contributed by atoms with E-state index in [0.29, 0.717) is 24.1 Å². The molecular weight excluding hydrogens is 324 g/mol. The van der Waals surface area contributed by atoms with Crippen molar-refractivity contribution in [1.82, 2.24) is 20.1 Å². The van der Waals surface area contributed by atoms with E-state index in [1.807, 2.05) is 42.5 Å². The number of hydrogen-bond donors (Lipinski definition) is 1. The molecule has 8 heteroatoms. The van der Waals surface area contributed by atoms with Crippen molar-refractivity contribution in [2.24, 2.45) is 0 Å². The number of nitriles is 2. The van der Waals surface area contributed by atoms with Crippen molar-refractivity contribution in [1.29, 1.82) is 10.5 Å². The van der Waals surface area contributed by atoms with Gasteiger partial charge in [-0.15, -0.1) is 5.10 Å². The Morgan fingerprint density at radius 3 is 2.46 bits per heavy atom. The van der Waals surface area contributed by atoms with Gasteiger partial charge in [-0.1, -0.05) is 42.1 Å². The number of benzene rings is 1. The van der Waals surface area contributed by atoms with Crippen LogP contribution in [0.3, 0.4) is 0 Å². The minimum atomic E-state index is -0.128. The second kappa shape index (κ2) is 9.33. The highest BCUT2D eigenvalue weighted by Crippen LogP contribution is 2.19. The predicted molar refractivity (Wildman–Crippen MR) is 89.6 cm³/mol. The molecule has 0 aliphatic rings. The number of aromatic amines is 1. The van der Waals surface area contributed by atoms with Crippen molar-refractivity contribution >= 4 is 17.7 Å². The van der Waals surface area contributed by atoms with Crippen LogP contribution in [0.2, 0.25) is 0 Å². The first kappa shape index (κ1) is 17.5. The number of rotatable bonds is 8. The minimum Gasteiger partial charge on any atom is -0.340 e. The fraction of sp³-hybridized carbons (Fsp3) is 0.312. The largest absolute Gasteiger partial charge is 0.340 e. The van der Waals surface area contributed by atoms with E-state index in [9.17, 15) is 4.79 Å². The topological polar surface area (TPSA) is 109 Å². The van der Waals surface area contributed by atoms with Crippen LogP contribution in [0, 0.1) is 22.7 Å². The zero-order chi connectivity index (χ0) is 17.2. The van der Waals surface area contributed by atoms with Gasteiger partial charge in [-0.2, -0.15) is 10.5 Å². The Morgan fingerprint density at radius 2 is 1.83 bits per heavy atom. The van der Waals surface area contributed by atoms with Crippen LogP contribution < -0.4 is 0 Å². The number of aromatic nitrogens is 3. The first-order valence-electron chi connectivity index (χ1n) is 7.37. The van der Waals surface area contributed by atoms with E-state index in [4.69, 9.17) is 10.5 Å². The molecule has 2 rings (SSSR count). The molecule has 1 heterocycles. The number of carbonyl (C=O) groups excluding carboxylic acids is 1. The van der Waals surface area contributed by atoms with Crippen LogP contribution in [0.5, 0.6) is 0 Å². The highest BCUT2D eigenvalue weighted by Gasteiger charge is 2.15. The summed E-state index contributed by atoms with van der Waals surface area (Å²) in [6, 6.07) is 13.6. The average molecular weight is 340 g/mol. The Kier molecular flexibility index (Phi) is 6.81. The Balaban J connectivity index is 1.92. The summed E-state index contributed by atoms with van der Waals surface area (Å²) in [5, 5.41) is 24.8. The second-order valence-corrected chi connectivity index (χ2v) is 5.76. The molecule has 0 atom stereocenters. The summed E-state index contributed by atoms with van der Waals surface area (Å²) in [7, 11) is 0. The second-order valence-electron chi connectivity index (χ2n) is 4.82. The number of thioether (sulfide) groups is 1. The van der Waals surface area contributed by atoms with Gasteiger partial charge in [0.05, 0.1) is 30.7 Å². The zero-order valence-corrected chi connectivity index (χ0v) is 13.8. The molecule has 122 valence electrons. The van der Waals surface area contributed by atoms with Gasteiger partial charge in [0, 0.05) is 18.7 Å². The van der Waals surface area contributed by atoms with Crippen molar-refractivity contribution < 1.29 is 4.79 Å². The summed E-state index contributed by atoms with van der Waals surface area (Å²) in [4.78, 5) is 18.1. The first-order valence-corrected chi connectivity index (χ1v) is 8.35. The number of carbonyl (C=O) groups is 1. The van der Waals surface area contributed by atoms with E-state index < -0.39 is 0 Å². The van der Waals surface area contributed by atoms with Crippen LogP contribution in [-0.2, 0) is 4.79 Å². The lowest BCUT2D eigenvalue weighted by Crippen LogP contribution is -2.34. The molecule has 2 aromatic rings. The minimum absolute atomic E-state index is 0.128. The lowest BCUT2D eigenvalue weighted by molar-refractivity contribution is -0.128. The predicted octanol–water partition coefficient (Wildman–Crippen LogP) is 2.22. The molecule has 7 nitrogen and oxygen atoms in total. The number of nitrogens with zero attached hydrogens (tertiary/aromatic N) is 5. The molecule has 0 fully saturated rings. The average Bonchev–Trinajstić information content (AvgIpc) is 3.09. The van der Waals surface area contributed by atoms with Gasteiger partial charge in [-0.05, 0) is 0 Å². The van der Waals surface area contributed by atoms with Gasteiger partial charge in [-0.3, -0.25) is 9.89 Å². The van der Waals surface area contributed by atoms with E-state index in [1.54, 1.807) is 0 Å². The van der Waals surface area contributed by atoms with E-state index in [0.717, 1.165) is 5.56 Å². The summed E-state index contributed by atoms with van der Waals surface area (Å²) in [6.07, 6.45) is 0.501. The molecule has 0 radical (unpaired) electrons. The van der Waals surface area contributed by atoms with E-state index in [2.05, 4.69) is 15.2 Å². The van der Waals surface area contributed by atoms with Crippen LogP contribution in [0.25, 0.3) is 11.4 Å². The summed E-state index contributed by atoms with van der Waals surface area (Å²) in [6.45, 7) is 0.668. The van der Waals surface area contributed by atoms with Crippen LogP contribution in [0.1, 0.15) is 12.8 Å². The van der Waals surface area contributed by atoms with Crippen LogP contribution in [0.4, 0.5) is 0 Å². The molecule has 0 unspecified atom stereocenters. The van der Waals surface area contributed by atoms with E-state index >= 15 is 0 Å². The summed E-state index contributed by atoms with van der Waals surface area (Å²) < 4.78 is 0. The third-order valence-electron chi connectivity index (χ3n) is 3.18. The molecule has 0 aliphatic heterocycles. The van der Waals surface area contributed by atoms with Crippen LogP contribution in [0.15, 0.2) is 35.5 Å². The summed E-state index contributed by atoms with van der Waals surface area (Å²) >= 11 is 1.23. The van der Waals surface area contributed by atoms with Gasteiger partial charge in [0.15, 0.2) is 5.82 Å². The highest BCUT2D eigenvalue weighted by molar-refractivity contribution is 7.99. The van der Waals surface area contributed by atoms with Gasteiger partial charge in [0.2, 0.25) is 11.1 Å². The Bertz CT molecular complexity index is 728. The van der Waals surface area contributed by atoms with Gasteiger partial charge in [0.1, 0.15) is 0 Å². The molecule has 0 aliphatic carbocycles. The fourth-order valence-corrected chi connectivity index (χ4v) is 2.69. The van der Waals surface area contributed by atoms with Crippen molar-refractivity contribution in [3.63, 3.8) is 0 Å². The number of nitrogens with one attached hydrogen (secondary N) is 1. The molecule has 0 bridgehead atoms. The lowest BCUT2D eigenvalue weighted by Gasteiger charge is -2.19. The molecule has 1 amide bonds. The van der Waals surface area contributed by atoms with Gasteiger partial charge >= 0.3 is 0 Å². The summed E-state index contributed by atoms with van der Waals surface area (Å²) in [5.74, 6) is 0.691. The monoisotopic (exact) mass is 340 g/mol. The number of H-pyrrole nitrogens is 1. The molecule has 1 aromatic heterocycles. The SMILES string of the molecule is N#CCCN(CCC#N)C(=O)CSc1n[nH]c(-c2ccccc2)n1. The fourth-order valence-electron chi connectivity index (χ4n) is 1.98. The molecule has 1 aromatic carbocycles. The lowest BCUT2D eigenvalue weighted by atomic mass is 10.2. The number of amides is 1. The maximum Gasteiger partial charge on any atom is 0.233 e. The van der Waals surface area contributed by atoms with Crippen molar-refractivity contribution in [2.75, 3.05) is 18.8 Å².